The first-order valence-electron chi connectivity index (χ1n) is 6.23. The Hall–Kier alpha value is -2.29. The second-order valence-electron chi connectivity index (χ2n) is 4.72. The molecule has 1 aliphatic heterocycles. The standard InChI is InChI=1S/C16H15NO2/c1-11-5-12(2)7-14(6-11)17-9-13-3-4-15-16(8-13)19-10-18-15/h3-9H,10H2,1-2H3. The van der Waals surface area contributed by atoms with E-state index in [-0.39, 0.29) is 0 Å². The van der Waals surface area contributed by atoms with Gasteiger partial charge in [-0.2, -0.15) is 0 Å². The van der Waals surface area contributed by atoms with Crippen LogP contribution in [0.15, 0.2) is 41.4 Å². The number of fused-ring (bicyclic) bond motifs is 1. The SMILES string of the molecule is Cc1cc(C)cc(N=Cc2ccc3c(c2)OCO3)c1. The highest BCUT2D eigenvalue weighted by Gasteiger charge is 2.12. The summed E-state index contributed by atoms with van der Waals surface area (Å²) in [7, 11) is 0. The molecule has 1 heterocycles. The van der Waals surface area contributed by atoms with Crippen molar-refractivity contribution in [2.45, 2.75) is 13.8 Å². The van der Waals surface area contributed by atoms with Crippen molar-refractivity contribution in [1.29, 1.82) is 0 Å². The average Bonchev–Trinajstić information content (AvgIpc) is 2.82. The maximum atomic E-state index is 5.35. The van der Waals surface area contributed by atoms with Gasteiger partial charge in [0.1, 0.15) is 0 Å². The fourth-order valence-electron chi connectivity index (χ4n) is 2.17. The first-order chi connectivity index (χ1) is 9.20. The summed E-state index contributed by atoms with van der Waals surface area (Å²) in [6.07, 6.45) is 1.84. The smallest absolute Gasteiger partial charge is 0.231 e. The third-order valence-electron chi connectivity index (χ3n) is 2.97. The highest BCUT2D eigenvalue weighted by Crippen LogP contribution is 2.32. The van der Waals surface area contributed by atoms with Crippen LogP contribution in [0, 0.1) is 13.8 Å². The molecule has 0 N–H and O–H groups in total. The zero-order valence-electron chi connectivity index (χ0n) is 11.0. The van der Waals surface area contributed by atoms with Gasteiger partial charge in [-0.3, -0.25) is 4.99 Å². The van der Waals surface area contributed by atoms with Crippen LogP contribution in [-0.4, -0.2) is 13.0 Å². The van der Waals surface area contributed by atoms with Crippen LogP contribution in [0.25, 0.3) is 0 Å². The van der Waals surface area contributed by atoms with Crippen LogP contribution >= 0.6 is 0 Å². The molecule has 2 aromatic carbocycles. The molecule has 96 valence electrons. The molecule has 3 heteroatoms. The number of rotatable bonds is 2. The minimum atomic E-state index is 0.299. The molecule has 1 aliphatic rings. The number of aliphatic imine (C=N–C) groups is 1. The van der Waals surface area contributed by atoms with Crippen LogP contribution < -0.4 is 9.47 Å². The first kappa shape index (κ1) is 11.8. The third-order valence-corrected chi connectivity index (χ3v) is 2.97. The lowest BCUT2D eigenvalue weighted by Crippen LogP contribution is -1.92. The lowest BCUT2D eigenvalue weighted by molar-refractivity contribution is 0.174. The van der Waals surface area contributed by atoms with E-state index in [1.54, 1.807) is 0 Å². The molecule has 0 bridgehead atoms. The Balaban J connectivity index is 1.86. The molecule has 19 heavy (non-hydrogen) atoms. The molecule has 0 aliphatic carbocycles. The van der Waals surface area contributed by atoms with Crippen molar-refractivity contribution in [3.63, 3.8) is 0 Å². The number of hydrogen-bond donors (Lipinski definition) is 0. The summed E-state index contributed by atoms with van der Waals surface area (Å²) in [5.74, 6) is 1.58. The summed E-state index contributed by atoms with van der Waals surface area (Å²) < 4.78 is 10.6. The summed E-state index contributed by atoms with van der Waals surface area (Å²) >= 11 is 0. The first-order valence-corrected chi connectivity index (χ1v) is 6.23. The lowest BCUT2D eigenvalue weighted by Gasteiger charge is -2.00. The number of benzene rings is 2. The van der Waals surface area contributed by atoms with Crippen molar-refractivity contribution >= 4 is 11.9 Å². The van der Waals surface area contributed by atoms with Gasteiger partial charge in [0.25, 0.3) is 0 Å². The number of nitrogens with zero attached hydrogens (tertiary/aromatic N) is 1. The molecule has 0 saturated heterocycles. The van der Waals surface area contributed by atoms with Gasteiger partial charge in [0.2, 0.25) is 6.79 Å². The van der Waals surface area contributed by atoms with E-state index in [0.29, 0.717) is 6.79 Å². The molecule has 0 spiro atoms. The summed E-state index contributed by atoms with van der Waals surface area (Å²) in [4.78, 5) is 4.50. The second kappa shape index (κ2) is 4.76. The maximum Gasteiger partial charge on any atom is 0.231 e. The fraction of sp³-hybridized carbons (Fsp3) is 0.188. The molecular weight excluding hydrogens is 238 g/mol. The van der Waals surface area contributed by atoms with E-state index in [4.69, 9.17) is 9.47 Å². The fourth-order valence-corrected chi connectivity index (χ4v) is 2.17. The van der Waals surface area contributed by atoms with Crippen molar-refractivity contribution in [2.75, 3.05) is 6.79 Å². The molecule has 0 aromatic heterocycles. The van der Waals surface area contributed by atoms with Crippen LogP contribution in [-0.2, 0) is 0 Å². The molecule has 3 nitrogen and oxygen atoms in total. The van der Waals surface area contributed by atoms with E-state index in [0.717, 1.165) is 22.7 Å². The van der Waals surface area contributed by atoms with E-state index < -0.39 is 0 Å². The molecule has 0 atom stereocenters. The normalized spacial score (nSPS) is 13.2. The molecule has 2 aromatic rings. The van der Waals surface area contributed by atoms with E-state index >= 15 is 0 Å². The van der Waals surface area contributed by atoms with Gasteiger partial charge in [-0.1, -0.05) is 6.07 Å². The largest absolute Gasteiger partial charge is 0.454 e. The van der Waals surface area contributed by atoms with E-state index in [1.165, 1.54) is 11.1 Å². The van der Waals surface area contributed by atoms with Crippen molar-refractivity contribution in [3.8, 4) is 11.5 Å². The van der Waals surface area contributed by atoms with Gasteiger partial charge >= 0.3 is 0 Å². The average molecular weight is 253 g/mol. The summed E-state index contributed by atoms with van der Waals surface area (Å²) in [5, 5.41) is 0. The zero-order chi connectivity index (χ0) is 13.2. The van der Waals surface area contributed by atoms with Gasteiger partial charge in [0.15, 0.2) is 11.5 Å². The van der Waals surface area contributed by atoms with Crippen molar-refractivity contribution < 1.29 is 9.47 Å². The van der Waals surface area contributed by atoms with Crippen LogP contribution in [0.3, 0.4) is 0 Å². The Morgan fingerprint density at radius 3 is 2.47 bits per heavy atom. The number of aryl methyl sites for hydroxylation is 2. The second-order valence-corrected chi connectivity index (χ2v) is 4.72. The Morgan fingerprint density at radius 2 is 1.68 bits per heavy atom. The Labute approximate surface area is 112 Å². The topological polar surface area (TPSA) is 30.8 Å². The molecule has 0 fully saturated rings. The monoisotopic (exact) mass is 253 g/mol. The highest BCUT2D eigenvalue weighted by atomic mass is 16.7. The highest BCUT2D eigenvalue weighted by molar-refractivity contribution is 5.83. The van der Waals surface area contributed by atoms with Gasteiger partial charge in [-0.15, -0.1) is 0 Å². The molecule has 3 rings (SSSR count). The number of ether oxygens (including phenoxy) is 2. The zero-order valence-corrected chi connectivity index (χ0v) is 11.0. The number of hydrogen-bond acceptors (Lipinski definition) is 3. The molecule has 0 saturated carbocycles. The van der Waals surface area contributed by atoms with Crippen LogP contribution in [0.5, 0.6) is 11.5 Å². The minimum Gasteiger partial charge on any atom is -0.454 e. The van der Waals surface area contributed by atoms with E-state index in [1.807, 2.05) is 24.4 Å². The molecule has 0 unspecified atom stereocenters. The summed E-state index contributed by atoms with van der Waals surface area (Å²) in [6.45, 7) is 4.45. The molecular formula is C16H15NO2. The summed E-state index contributed by atoms with van der Waals surface area (Å²) in [6, 6.07) is 12.1. The van der Waals surface area contributed by atoms with Crippen molar-refractivity contribution in [3.05, 3.63) is 53.1 Å². The van der Waals surface area contributed by atoms with Gasteiger partial charge in [-0.25, -0.2) is 0 Å². The Morgan fingerprint density at radius 1 is 0.947 bits per heavy atom. The van der Waals surface area contributed by atoms with Gasteiger partial charge in [-0.05, 0) is 60.9 Å². The predicted octanol–water partition coefficient (Wildman–Crippen LogP) is 3.78. The summed E-state index contributed by atoms with van der Waals surface area (Å²) in [5.41, 5.74) is 4.41. The van der Waals surface area contributed by atoms with Crippen molar-refractivity contribution in [1.82, 2.24) is 0 Å². The van der Waals surface area contributed by atoms with Crippen molar-refractivity contribution in [2.24, 2.45) is 4.99 Å². The quantitative estimate of drug-likeness (QED) is 0.762. The predicted molar refractivity (Wildman–Crippen MR) is 75.7 cm³/mol. The lowest BCUT2D eigenvalue weighted by atomic mass is 10.1. The maximum absolute atomic E-state index is 5.35. The Bertz CT molecular complexity index is 627. The molecule has 0 radical (unpaired) electrons. The van der Waals surface area contributed by atoms with Crippen LogP contribution in [0.4, 0.5) is 5.69 Å². The minimum absolute atomic E-state index is 0.299. The van der Waals surface area contributed by atoms with Gasteiger partial charge in [0, 0.05) is 6.21 Å². The van der Waals surface area contributed by atoms with Crippen LogP contribution in [0.2, 0.25) is 0 Å². The van der Waals surface area contributed by atoms with Gasteiger partial charge < -0.3 is 9.47 Å². The van der Waals surface area contributed by atoms with Gasteiger partial charge in [0.05, 0.1) is 5.69 Å². The van der Waals surface area contributed by atoms with E-state index in [9.17, 15) is 0 Å². The Kier molecular flexibility index (Phi) is 2.95. The van der Waals surface area contributed by atoms with Crippen LogP contribution in [0.1, 0.15) is 16.7 Å². The third kappa shape index (κ3) is 2.60. The van der Waals surface area contributed by atoms with E-state index in [2.05, 4.69) is 37.0 Å². The molecule has 0 amide bonds.